The van der Waals surface area contributed by atoms with Crippen LogP contribution in [-0.2, 0) is 14.3 Å². The standard InChI is InChI=1S/C24H26N4O5/c1-33-24(32)17-13-11-16(12-14-17)15-25-28-23(31)22(30)27-20-10-6-5-9-19(20)21(29)26-18-7-3-2-4-8-18/h5-6,9-15,18H,2-4,7-8H2,1H3,(H,26,29)(H,27,30)(H,28,31)/b25-15+. The van der Waals surface area contributed by atoms with E-state index >= 15 is 0 Å². The first-order valence-electron chi connectivity index (χ1n) is 10.7. The van der Waals surface area contributed by atoms with Crippen LogP contribution in [0, 0.1) is 0 Å². The molecule has 0 saturated heterocycles. The second-order valence-electron chi connectivity index (χ2n) is 7.62. The molecule has 0 radical (unpaired) electrons. The van der Waals surface area contributed by atoms with E-state index in [1.807, 2.05) is 0 Å². The Morgan fingerprint density at radius 1 is 0.939 bits per heavy atom. The normalized spacial score (nSPS) is 13.8. The molecule has 3 rings (SSSR count). The largest absolute Gasteiger partial charge is 0.465 e. The van der Waals surface area contributed by atoms with E-state index < -0.39 is 17.8 Å². The molecular weight excluding hydrogens is 424 g/mol. The van der Waals surface area contributed by atoms with Crippen LogP contribution in [0.4, 0.5) is 5.69 Å². The summed E-state index contributed by atoms with van der Waals surface area (Å²) in [7, 11) is 1.29. The van der Waals surface area contributed by atoms with Crippen LogP contribution in [-0.4, -0.2) is 43.1 Å². The number of carbonyl (C=O) groups is 4. The van der Waals surface area contributed by atoms with Gasteiger partial charge in [0.2, 0.25) is 0 Å². The highest BCUT2D eigenvalue weighted by Crippen LogP contribution is 2.20. The Morgan fingerprint density at radius 2 is 1.64 bits per heavy atom. The Kier molecular flexibility index (Phi) is 8.29. The zero-order valence-corrected chi connectivity index (χ0v) is 18.3. The van der Waals surface area contributed by atoms with Crippen molar-refractivity contribution in [2.75, 3.05) is 12.4 Å². The molecule has 9 nitrogen and oxygen atoms in total. The summed E-state index contributed by atoms with van der Waals surface area (Å²) in [5.41, 5.74) is 3.66. The molecule has 1 aliphatic carbocycles. The fraction of sp³-hybridized carbons (Fsp3) is 0.292. The number of hydrazone groups is 1. The third kappa shape index (κ3) is 6.73. The average molecular weight is 450 g/mol. The molecule has 0 bridgehead atoms. The van der Waals surface area contributed by atoms with Crippen LogP contribution in [0.2, 0.25) is 0 Å². The Bertz CT molecular complexity index is 1040. The van der Waals surface area contributed by atoms with Crippen molar-refractivity contribution in [2.45, 2.75) is 38.1 Å². The number of ether oxygens (including phenoxy) is 1. The summed E-state index contributed by atoms with van der Waals surface area (Å²) in [6.07, 6.45) is 6.55. The molecule has 0 unspecified atom stereocenters. The van der Waals surface area contributed by atoms with Gasteiger partial charge in [-0.25, -0.2) is 10.2 Å². The van der Waals surface area contributed by atoms with Crippen LogP contribution in [0.15, 0.2) is 53.6 Å². The quantitative estimate of drug-likeness (QED) is 0.270. The Labute approximate surface area is 191 Å². The van der Waals surface area contributed by atoms with Gasteiger partial charge in [-0.2, -0.15) is 5.10 Å². The summed E-state index contributed by atoms with van der Waals surface area (Å²) in [4.78, 5) is 48.5. The highest BCUT2D eigenvalue weighted by Gasteiger charge is 2.20. The molecule has 0 heterocycles. The van der Waals surface area contributed by atoms with E-state index in [2.05, 4.69) is 25.9 Å². The number of hydrogen-bond donors (Lipinski definition) is 3. The van der Waals surface area contributed by atoms with Crippen LogP contribution < -0.4 is 16.1 Å². The fourth-order valence-corrected chi connectivity index (χ4v) is 3.52. The summed E-state index contributed by atoms with van der Waals surface area (Å²) in [6, 6.07) is 13.0. The summed E-state index contributed by atoms with van der Waals surface area (Å²) in [6.45, 7) is 0. The van der Waals surface area contributed by atoms with Crippen molar-refractivity contribution in [3.8, 4) is 0 Å². The first-order valence-corrected chi connectivity index (χ1v) is 10.7. The van der Waals surface area contributed by atoms with Gasteiger partial charge in [0.25, 0.3) is 5.91 Å². The van der Waals surface area contributed by atoms with Crippen molar-refractivity contribution in [3.05, 3.63) is 65.2 Å². The lowest BCUT2D eigenvalue weighted by Crippen LogP contribution is -2.37. The van der Waals surface area contributed by atoms with Gasteiger partial charge in [0.1, 0.15) is 0 Å². The van der Waals surface area contributed by atoms with E-state index in [1.165, 1.54) is 19.7 Å². The van der Waals surface area contributed by atoms with Gasteiger partial charge in [-0.1, -0.05) is 43.5 Å². The van der Waals surface area contributed by atoms with Crippen molar-refractivity contribution < 1.29 is 23.9 Å². The van der Waals surface area contributed by atoms with Gasteiger partial charge in [0, 0.05) is 6.04 Å². The summed E-state index contributed by atoms with van der Waals surface area (Å²) >= 11 is 0. The van der Waals surface area contributed by atoms with Gasteiger partial charge in [-0.05, 0) is 42.7 Å². The van der Waals surface area contributed by atoms with E-state index in [0.29, 0.717) is 16.7 Å². The maximum Gasteiger partial charge on any atom is 0.337 e. The van der Waals surface area contributed by atoms with Crippen LogP contribution in [0.25, 0.3) is 0 Å². The van der Waals surface area contributed by atoms with Crippen LogP contribution in [0.5, 0.6) is 0 Å². The first kappa shape index (κ1) is 23.6. The molecule has 1 saturated carbocycles. The third-order valence-electron chi connectivity index (χ3n) is 5.28. The minimum atomic E-state index is -0.986. The van der Waals surface area contributed by atoms with Gasteiger partial charge >= 0.3 is 17.8 Å². The maximum absolute atomic E-state index is 12.7. The highest BCUT2D eigenvalue weighted by atomic mass is 16.5. The molecule has 0 atom stereocenters. The summed E-state index contributed by atoms with van der Waals surface area (Å²) in [5, 5.41) is 9.22. The number of para-hydroxylation sites is 1. The first-order chi connectivity index (χ1) is 16.0. The van der Waals surface area contributed by atoms with E-state index in [0.717, 1.165) is 25.7 Å². The molecule has 2 aromatic carbocycles. The van der Waals surface area contributed by atoms with Crippen molar-refractivity contribution >= 4 is 35.6 Å². The summed E-state index contributed by atoms with van der Waals surface area (Å²) < 4.78 is 4.63. The molecule has 0 spiro atoms. The number of benzene rings is 2. The number of nitrogens with one attached hydrogen (secondary N) is 3. The number of nitrogens with zero attached hydrogens (tertiary/aromatic N) is 1. The molecule has 3 N–H and O–H groups in total. The topological polar surface area (TPSA) is 126 Å². The Hall–Kier alpha value is -4.01. The van der Waals surface area contributed by atoms with E-state index in [4.69, 9.17) is 0 Å². The lowest BCUT2D eigenvalue weighted by Gasteiger charge is -2.23. The molecule has 3 amide bonds. The minimum absolute atomic E-state index is 0.120. The number of amides is 3. The number of methoxy groups -OCH3 is 1. The van der Waals surface area contributed by atoms with Gasteiger partial charge < -0.3 is 15.4 Å². The number of hydrogen-bond acceptors (Lipinski definition) is 6. The predicted octanol–water partition coefficient (Wildman–Crippen LogP) is 2.62. The SMILES string of the molecule is COC(=O)c1ccc(/C=N/NC(=O)C(=O)Nc2ccccc2C(=O)NC2CCCCC2)cc1. The number of esters is 1. The summed E-state index contributed by atoms with van der Waals surface area (Å²) in [5.74, 6) is -2.69. The molecule has 1 fully saturated rings. The second kappa shape index (κ2) is 11.6. The molecule has 2 aromatic rings. The zero-order chi connectivity index (χ0) is 23.6. The number of carbonyl (C=O) groups excluding carboxylic acids is 4. The van der Waals surface area contributed by atoms with Crippen LogP contribution in [0.1, 0.15) is 58.4 Å². The lowest BCUT2D eigenvalue weighted by molar-refractivity contribution is -0.136. The van der Waals surface area contributed by atoms with Crippen molar-refractivity contribution in [1.82, 2.24) is 10.7 Å². The minimum Gasteiger partial charge on any atom is -0.465 e. The smallest absolute Gasteiger partial charge is 0.337 e. The lowest BCUT2D eigenvalue weighted by atomic mass is 9.95. The highest BCUT2D eigenvalue weighted by molar-refractivity contribution is 6.40. The molecule has 0 aliphatic heterocycles. The van der Waals surface area contributed by atoms with Crippen molar-refractivity contribution in [3.63, 3.8) is 0 Å². The van der Waals surface area contributed by atoms with Crippen LogP contribution >= 0.6 is 0 Å². The predicted molar refractivity (Wildman–Crippen MR) is 123 cm³/mol. The van der Waals surface area contributed by atoms with Gasteiger partial charge in [-0.3, -0.25) is 14.4 Å². The maximum atomic E-state index is 12.7. The Morgan fingerprint density at radius 3 is 2.33 bits per heavy atom. The number of rotatable bonds is 6. The zero-order valence-electron chi connectivity index (χ0n) is 18.3. The van der Waals surface area contributed by atoms with Gasteiger partial charge in [0.05, 0.1) is 30.1 Å². The van der Waals surface area contributed by atoms with E-state index in [-0.39, 0.29) is 17.6 Å². The van der Waals surface area contributed by atoms with Gasteiger partial charge in [0.15, 0.2) is 0 Å². The van der Waals surface area contributed by atoms with Crippen LogP contribution in [0.3, 0.4) is 0 Å². The molecule has 33 heavy (non-hydrogen) atoms. The van der Waals surface area contributed by atoms with E-state index in [1.54, 1.807) is 48.5 Å². The number of anilines is 1. The molecule has 172 valence electrons. The van der Waals surface area contributed by atoms with Gasteiger partial charge in [-0.15, -0.1) is 0 Å². The Balaban J connectivity index is 1.56. The second-order valence-corrected chi connectivity index (χ2v) is 7.62. The average Bonchev–Trinajstić information content (AvgIpc) is 2.84. The molecule has 9 heteroatoms. The third-order valence-corrected chi connectivity index (χ3v) is 5.28. The monoisotopic (exact) mass is 450 g/mol. The van der Waals surface area contributed by atoms with Crippen molar-refractivity contribution in [1.29, 1.82) is 0 Å². The molecule has 0 aromatic heterocycles. The van der Waals surface area contributed by atoms with E-state index in [9.17, 15) is 19.2 Å². The molecule has 1 aliphatic rings. The molecular formula is C24H26N4O5. The van der Waals surface area contributed by atoms with Crippen molar-refractivity contribution in [2.24, 2.45) is 5.10 Å². The fourth-order valence-electron chi connectivity index (χ4n) is 3.52.